The normalized spacial score (nSPS) is 12.5. The van der Waals surface area contributed by atoms with Crippen LogP contribution in [0.2, 0.25) is 0 Å². The van der Waals surface area contributed by atoms with E-state index in [4.69, 9.17) is 0 Å². The van der Waals surface area contributed by atoms with Crippen LogP contribution in [0.4, 0.5) is 0 Å². The number of benzene rings is 1. The maximum absolute atomic E-state index is 11.0. The van der Waals surface area contributed by atoms with Crippen LogP contribution in [0, 0.1) is 5.92 Å². The fourth-order valence-corrected chi connectivity index (χ4v) is 1.84. The summed E-state index contributed by atoms with van der Waals surface area (Å²) in [6, 6.07) is 7.74. The predicted octanol–water partition coefficient (Wildman–Crippen LogP) is 2.05. The number of rotatable bonds is 5. The first-order valence-corrected chi connectivity index (χ1v) is 5.99. The lowest BCUT2D eigenvalue weighted by Gasteiger charge is -2.16. The Labute approximate surface area is 103 Å². The van der Waals surface area contributed by atoms with Gasteiger partial charge in [-0.15, -0.1) is 0 Å². The molecule has 1 aromatic rings. The maximum atomic E-state index is 11.0. The van der Waals surface area contributed by atoms with Gasteiger partial charge in [0, 0.05) is 6.92 Å². The highest BCUT2D eigenvalue weighted by Gasteiger charge is 2.11. The Bertz CT molecular complexity index is 357. The molecule has 1 unspecified atom stereocenters. The van der Waals surface area contributed by atoms with E-state index in [1.54, 1.807) is 0 Å². The molecule has 0 aliphatic heterocycles. The third kappa shape index (κ3) is 4.57. The number of hydrogen-bond donors (Lipinski definition) is 2. The van der Waals surface area contributed by atoms with Crippen LogP contribution in [-0.4, -0.2) is 17.6 Å². The van der Waals surface area contributed by atoms with Crippen molar-refractivity contribution in [2.75, 3.05) is 6.61 Å². The first-order chi connectivity index (χ1) is 8.02. The molecule has 2 N–H and O–H groups in total. The van der Waals surface area contributed by atoms with Crippen molar-refractivity contribution in [2.45, 2.75) is 33.2 Å². The summed E-state index contributed by atoms with van der Waals surface area (Å²) < 4.78 is 0. The second-order valence-corrected chi connectivity index (χ2v) is 4.78. The number of aliphatic hydroxyl groups excluding tert-OH is 1. The third-order valence-electron chi connectivity index (χ3n) is 2.59. The van der Waals surface area contributed by atoms with Gasteiger partial charge >= 0.3 is 0 Å². The summed E-state index contributed by atoms with van der Waals surface area (Å²) in [5, 5.41) is 11.9. The predicted molar refractivity (Wildman–Crippen MR) is 68.6 cm³/mol. The molecule has 1 rings (SSSR count). The average molecular weight is 235 g/mol. The average Bonchev–Trinajstić information content (AvgIpc) is 2.26. The molecule has 1 aromatic carbocycles. The number of amides is 1. The van der Waals surface area contributed by atoms with Crippen molar-refractivity contribution in [3.8, 4) is 0 Å². The van der Waals surface area contributed by atoms with Crippen LogP contribution in [0.1, 0.15) is 37.9 Å². The zero-order chi connectivity index (χ0) is 12.8. The molecule has 0 saturated carbocycles. The van der Waals surface area contributed by atoms with Crippen molar-refractivity contribution in [3.05, 3.63) is 35.4 Å². The van der Waals surface area contributed by atoms with Crippen molar-refractivity contribution in [1.82, 2.24) is 5.32 Å². The molecule has 17 heavy (non-hydrogen) atoms. The largest absolute Gasteiger partial charge is 0.394 e. The Balaban J connectivity index is 2.74. The lowest BCUT2D eigenvalue weighted by atomic mass is 9.99. The molecular formula is C14H21NO2. The van der Waals surface area contributed by atoms with Crippen LogP contribution in [0.25, 0.3) is 0 Å². The molecule has 0 heterocycles. The van der Waals surface area contributed by atoms with Gasteiger partial charge in [-0.1, -0.05) is 38.1 Å². The van der Waals surface area contributed by atoms with Gasteiger partial charge < -0.3 is 10.4 Å². The Morgan fingerprint density at radius 3 is 2.29 bits per heavy atom. The van der Waals surface area contributed by atoms with Crippen molar-refractivity contribution in [3.63, 3.8) is 0 Å². The number of carbonyl (C=O) groups excluding carboxylic acids is 1. The number of carbonyl (C=O) groups is 1. The smallest absolute Gasteiger partial charge is 0.217 e. The van der Waals surface area contributed by atoms with Crippen LogP contribution >= 0.6 is 0 Å². The first kappa shape index (κ1) is 13.7. The minimum absolute atomic E-state index is 0.0803. The van der Waals surface area contributed by atoms with E-state index in [-0.39, 0.29) is 18.6 Å². The zero-order valence-corrected chi connectivity index (χ0v) is 10.7. The van der Waals surface area contributed by atoms with Crippen molar-refractivity contribution in [2.24, 2.45) is 5.92 Å². The van der Waals surface area contributed by atoms with Gasteiger partial charge in [0.1, 0.15) is 0 Å². The monoisotopic (exact) mass is 235 g/mol. The topological polar surface area (TPSA) is 49.3 Å². The third-order valence-corrected chi connectivity index (χ3v) is 2.59. The summed E-state index contributed by atoms with van der Waals surface area (Å²) in [5.41, 5.74) is 2.22. The van der Waals surface area contributed by atoms with Crippen LogP contribution in [-0.2, 0) is 11.2 Å². The Morgan fingerprint density at radius 2 is 1.88 bits per heavy atom. The molecule has 94 valence electrons. The second-order valence-electron chi connectivity index (χ2n) is 4.78. The minimum atomic E-state index is -0.305. The lowest BCUT2D eigenvalue weighted by molar-refractivity contribution is -0.120. The Hall–Kier alpha value is -1.35. The molecule has 0 saturated heterocycles. The van der Waals surface area contributed by atoms with Gasteiger partial charge in [0.05, 0.1) is 12.6 Å². The van der Waals surface area contributed by atoms with Gasteiger partial charge in [-0.2, -0.15) is 0 Å². The van der Waals surface area contributed by atoms with E-state index >= 15 is 0 Å². The summed E-state index contributed by atoms with van der Waals surface area (Å²) in [6.07, 6.45) is 1.05. The summed E-state index contributed by atoms with van der Waals surface area (Å²) in [4.78, 5) is 11.0. The Morgan fingerprint density at radius 1 is 1.29 bits per heavy atom. The van der Waals surface area contributed by atoms with E-state index in [9.17, 15) is 9.90 Å². The van der Waals surface area contributed by atoms with Gasteiger partial charge in [-0.3, -0.25) is 4.79 Å². The van der Waals surface area contributed by atoms with E-state index in [1.807, 2.05) is 12.1 Å². The molecule has 3 heteroatoms. The minimum Gasteiger partial charge on any atom is -0.394 e. The van der Waals surface area contributed by atoms with Crippen molar-refractivity contribution < 1.29 is 9.90 Å². The van der Waals surface area contributed by atoms with Crippen LogP contribution in [0.5, 0.6) is 0 Å². The van der Waals surface area contributed by atoms with Gasteiger partial charge in [0.25, 0.3) is 0 Å². The highest BCUT2D eigenvalue weighted by molar-refractivity contribution is 5.73. The van der Waals surface area contributed by atoms with Gasteiger partial charge in [0.15, 0.2) is 0 Å². The molecule has 1 amide bonds. The molecule has 0 fully saturated rings. The number of nitrogens with one attached hydrogen (secondary N) is 1. The molecule has 0 aliphatic rings. The van der Waals surface area contributed by atoms with Crippen molar-refractivity contribution in [1.29, 1.82) is 0 Å². The van der Waals surface area contributed by atoms with E-state index in [1.165, 1.54) is 12.5 Å². The second kappa shape index (κ2) is 6.40. The fourth-order valence-electron chi connectivity index (χ4n) is 1.84. The van der Waals surface area contributed by atoms with Gasteiger partial charge in [0.2, 0.25) is 5.91 Å². The van der Waals surface area contributed by atoms with Crippen LogP contribution in [0.15, 0.2) is 24.3 Å². The van der Waals surface area contributed by atoms with E-state index < -0.39 is 0 Å². The summed E-state index contributed by atoms with van der Waals surface area (Å²) in [6.45, 7) is 5.74. The van der Waals surface area contributed by atoms with E-state index in [2.05, 4.69) is 31.3 Å². The Kier molecular flexibility index (Phi) is 5.16. The standard InChI is InChI=1S/C14H21NO2/c1-10(2)8-12-4-6-13(7-5-12)14(9-16)15-11(3)17/h4-7,10,14,16H,8-9H2,1-3H3,(H,15,17). The van der Waals surface area contributed by atoms with Gasteiger partial charge in [-0.25, -0.2) is 0 Å². The van der Waals surface area contributed by atoms with E-state index in [0.29, 0.717) is 5.92 Å². The first-order valence-electron chi connectivity index (χ1n) is 5.99. The molecule has 3 nitrogen and oxygen atoms in total. The molecule has 0 aliphatic carbocycles. The highest BCUT2D eigenvalue weighted by atomic mass is 16.3. The molecule has 1 atom stereocenters. The fraction of sp³-hybridized carbons (Fsp3) is 0.500. The van der Waals surface area contributed by atoms with Crippen LogP contribution < -0.4 is 5.32 Å². The number of hydrogen-bond acceptors (Lipinski definition) is 2. The van der Waals surface area contributed by atoms with Gasteiger partial charge in [-0.05, 0) is 23.5 Å². The SMILES string of the molecule is CC(=O)NC(CO)c1ccc(CC(C)C)cc1. The molecular weight excluding hydrogens is 214 g/mol. The zero-order valence-electron chi connectivity index (χ0n) is 10.7. The molecule has 0 aromatic heterocycles. The summed E-state index contributed by atoms with van der Waals surface area (Å²) in [5.74, 6) is 0.500. The van der Waals surface area contributed by atoms with Crippen molar-refractivity contribution >= 4 is 5.91 Å². The summed E-state index contributed by atoms with van der Waals surface area (Å²) >= 11 is 0. The quantitative estimate of drug-likeness (QED) is 0.820. The summed E-state index contributed by atoms with van der Waals surface area (Å²) in [7, 11) is 0. The van der Waals surface area contributed by atoms with E-state index in [0.717, 1.165) is 12.0 Å². The van der Waals surface area contributed by atoms with Crippen LogP contribution in [0.3, 0.4) is 0 Å². The molecule has 0 spiro atoms. The molecule has 0 radical (unpaired) electrons. The molecule has 0 bridgehead atoms. The lowest BCUT2D eigenvalue weighted by Crippen LogP contribution is -2.28. The maximum Gasteiger partial charge on any atom is 0.217 e. The number of aliphatic hydroxyl groups is 1. The highest BCUT2D eigenvalue weighted by Crippen LogP contribution is 2.15.